The van der Waals surface area contributed by atoms with Gasteiger partial charge in [0.1, 0.15) is 12.4 Å². The van der Waals surface area contributed by atoms with Gasteiger partial charge >= 0.3 is 6.03 Å². The van der Waals surface area contributed by atoms with Gasteiger partial charge in [-0.05, 0) is 19.1 Å². The average Bonchev–Trinajstić information content (AvgIpc) is 3.12. The van der Waals surface area contributed by atoms with Gasteiger partial charge in [0.2, 0.25) is 0 Å². The topological polar surface area (TPSA) is 96.2 Å². The van der Waals surface area contributed by atoms with Crippen LogP contribution >= 0.6 is 0 Å². The first kappa shape index (κ1) is 15.2. The van der Waals surface area contributed by atoms with Crippen LogP contribution in [-0.2, 0) is 0 Å². The lowest BCUT2D eigenvalue weighted by Gasteiger charge is -2.24. The summed E-state index contributed by atoms with van der Waals surface area (Å²) in [4.78, 5) is 13.7. The zero-order valence-electron chi connectivity index (χ0n) is 12.6. The van der Waals surface area contributed by atoms with Gasteiger partial charge in [-0.2, -0.15) is 5.10 Å². The molecule has 0 saturated carbocycles. The minimum Gasteiger partial charge on any atom is -0.362 e. The molecule has 3 heterocycles. The normalized spacial score (nSPS) is 20.5. The van der Waals surface area contributed by atoms with Crippen molar-refractivity contribution in [2.45, 2.75) is 25.6 Å². The molecule has 2 amide bonds. The number of nitrogens with zero attached hydrogens (tertiary/aromatic N) is 4. The molecular formula is C14H17FN6O2. The highest BCUT2D eigenvalue weighted by Crippen LogP contribution is 2.24. The van der Waals surface area contributed by atoms with Crippen molar-refractivity contribution in [2.24, 2.45) is 0 Å². The molecule has 1 fully saturated rings. The van der Waals surface area contributed by atoms with Crippen molar-refractivity contribution >= 4 is 17.7 Å². The van der Waals surface area contributed by atoms with Crippen LogP contribution in [-0.4, -0.2) is 46.7 Å². The number of anilines is 2. The molecule has 1 aliphatic heterocycles. The minimum atomic E-state index is -0.954. The number of aryl methyl sites for hydroxylation is 1. The Labute approximate surface area is 132 Å². The molecule has 2 aromatic heterocycles. The fraction of sp³-hybridized carbons (Fsp3) is 0.429. The lowest BCUT2D eigenvalue weighted by Crippen LogP contribution is -2.42. The number of alkyl halides is 1. The third-order valence-corrected chi connectivity index (χ3v) is 3.69. The zero-order valence-corrected chi connectivity index (χ0v) is 12.6. The molecule has 8 nitrogen and oxygen atoms in total. The summed E-state index contributed by atoms with van der Waals surface area (Å²) in [5.74, 6) is 0.968. The number of hydrogen-bond acceptors (Lipinski definition) is 6. The van der Waals surface area contributed by atoms with E-state index in [1.807, 2.05) is 4.90 Å². The van der Waals surface area contributed by atoms with Gasteiger partial charge in [-0.15, -0.1) is 5.10 Å². The summed E-state index contributed by atoms with van der Waals surface area (Å²) in [6.07, 6.45) is 2.38. The second-order valence-electron chi connectivity index (χ2n) is 5.40. The number of urea groups is 1. The van der Waals surface area contributed by atoms with Gasteiger partial charge in [0, 0.05) is 24.7 Å². The molecular weight excluding hydrogens is 303 g/mol. The average molecular weight is 320 g/mol. The Hall–Kier alpha value is -2.71. The Morgan fingerprint density at radius 2 is 2.43 bits per heavy atom. The minimum absolute atomic E-state index is 0.175. The van der Waals surface area contributed by atoms with Crippen molar-refractivity contribution in [3.05, 3.63) is 30.2 Å². The summed E-state index contributed by atoms with van der Waals surface area (Å²) in [6.45, 7) is 2.31. The number of hydrogen-bond donors (Lipinski definition) is 2. The van der Waals surface area contributed by atoms with E-state index < -0.39 is 12.2 Å². The van der Waals surface area contributed by atoms with Crippen molar-refractivity contribution in [3.8, 4) is 0 Å². The second kappa shape index (κ2) is 6.59. The Balaban J connectivity index is 1.58. The molecule has 0 radical (unpaired) electrons. The van der Waals surface area contributed by atoms with Gasteiger partial charge < -0.3 is 14.7 Å². The molecule has 1 saturated heterocycles. The fourth-order valence-electron chi connectivity index (χ4n) is 2.55. The summed E-state index contributed by atoms with van der Waals surface area (Å²) in [5.41, 5.74) is 0.728. The molecule has 0 aliphatic carbocycles. The summed E-state index contributed by atoms with van der Waals surface area (Å²) < 4.78 is 18.5. The molecule has 23 heavy (non-hydrogen) atoms. The van der Waals surface area contributed by atoms with Gasteiger partial charge in [-0.25, -0.2) is 9.18 Å². The van der Waals surface area contributed by atoms with Gasteiger partial charge in [0.15, 0.2) is 11.6 Å². The lowest BCUT2D eigenvalue weighted by molar-refractivity contribution is 0.251. The van der Waals surface area contributed by atoms with Gasteiger partial charge in [-0.3, -0.25) is 5.32 Å². The van der Waals surface area contributed by atoms with E-state index in [-0.39, 0.29) is 12.6 Å². The van der Waals surface area contributed by atoms with E-state index in [4.69, 9.17) is 4.52 Å². The van der Waals surface area contributed by atoms with E-state index in [1.54, 1.807) is 25.3 Å². The quantitative estimate of drug-likeness (QED) is 0.886. The van der Waals surface area contributed by atoms with E-state index in [9.17, 15) is 9.18 Å². The van der Waals surface area contributed by atoms with Crippen molar-refractivity contribution in [1.82, 2.24) is 20.7 Å². The van der Waals surface area contributed by atoms with Crippen LogP contribution in [0.4, 0.5) is 20.8 Å². The van der Waals surface area contributed by atoms with Gasteiger partial charge in [0.05, 0.1) is 12.6 Å². The van der Waals surface area contributed by atoms with Crippen molar-refractivity contribution in [1.29, 1.82) is 0 Å². The molecule has 1 aliphatic rings. The smallest absolute Gasteiger partial charge is 0.320 e. The first-order chi connectivity index (χ1) is 11.1. The maximum atomic E-state index is 13.8. The number of nitrogens with one attached hydrogen (secondary N) is 2. The van der Waals surface area contributed by atoms with Crippen molar-refractivity contribution in [2.75, 3.05) is 23.3 Å². The highest BCUT2D eigenvalue weighted by atomic mass is 19.1. The summed E-state index contributed by atoms with van der Waals surface area (Å²) in [6, 6.07) is 2.93. The maximum Gasteiger partial charge on any atom is 0.320 e. The Bertz CT molecular complexity index is 664. The molecule has 0 aromatic carbocycles. The van der Waals surface area contributed by atoms with E-state index in [0.29, 0.717) is 24.6 Å². The van der Waals surface area contributed by atoms with Crippen LogP contribution in [0.25, 0.3) is 0 Å². The van der Waals surface area contributed by atoms with E-state index >= 15 is 0 Å². The molecule has 122 valence electrons. The van der Waals surface area contributed by atoms with Crippen LogP contribution in [0.1, 0.15) is 12.0 Å². The van der Waals surface area contributed by atoms with Crippen LogP contribution in [0.15, 0.2) is 29.1 Å². The molecule has 2 atom stereocenters. The number of amides is 2. The van der Waals surface area contributed by atoms with Crippen LogP contribution in [0, 0.1) is 6.92 Å². The number of carbonyl (C=O) groups is 1. The molecule has 0 spiro atoms. The highest BCUT2D eigenvalue weighted by molar-refractivity contribution is 5.88. The number of halogens is 1. The Morgan fingerprint density at radius 3 is 3.13 bits per heavy atom. The van der Waals surface area contributed by atoms with Gasteiger partial charge in [0.25, 0.3) is 0 Å². The molecule has 3 rings (SSSR count). The Kier molecular flexibility index (Phi) is 4.35. The SMILES string of the molecule is Cc1conc1NC(=O)NC[C@@H]1C[C@H](F)CN1c1cccnn1. The fourth-order valence-corrected chi connectivity index (χ4v) is 2.55. The molecule has 2 N–H and O–H groups in total. The second-order valence-corrected chi connectivity index (χ2v) is 5.40. The van der Waals surface area contributed by atoms with E-state index in [0.717, 1.165) is 5.56 Å². The predicted molar refractivity (Wildman–Crippen MR) is 80.9 cm³/mol. The molecule has 0 bridgehead atoms. The summed E-state index contributed by atoms with van der Waals surface area (Å²) in [7, 11) is 0. The first-order valence-electron chi connectivity index (χ1n) is 7.27. The standard InChI is InChI=1S/C14H17FN6O2/c1-9-8-23-20-13(9)18-14(22)16-6-11-5-10(15)7-21(11)12-3-2-4-17-19-12/h2-4,8,10-11H,5-7H2,1H3,(H2,16,18,20,22)/t10-,11-/m0/s1. The number of aromatic nitrogens is 3. The van der Waals surface area contributed by atoms with Crippen LogP contribution in [0.2, 0.25) is 0 Å². The molecule has 9 heteroatoms. The van der Waals surface area contributed by atoms with Crippen molar-refractivity contribution < 1.29 is 13.7 Å². The maximum absolute atomic E-state index is 13.8. The summed E-state index contributed by atoms with van der Waals surface area (Å²) in [5, 5.41) is 16.8. The third-order valence-electron chi connectivity index (χ3n) is 3.69. The van der Waals surface area contributed by atoms with Crippen LogP contribution in [0.5, 0.6) is 0 Å². The first-order valence-corrected chi connectivity index (χ1v) is 7.27. The van der Waals surface area contributed by atoms with E-state index in [1.165, 1.54) is 6.26 Å². The van der Waals surface area contributed by atoms with Gasteiger partial charge in [-0.1, -0.05) is 5.16 Å². The Morgan fingerprint density at radius 1 is 1.57 bits per heavy atom. The number of rotatable bonds is 4. The highest BCUT2D eigenvalue weighted by Gasteiger charge is 2.33. The number of carbonyl (C=O) groups excluding carboxylic acids is 1. The third kappa shape index (κ3) is 3.55. The molecule has 0 unspecified atom stereocenters. The monoisotopic (exact) mass is 320 g/mol. The molecule has 2 aromatic rings. The zero-order chi connectivity index (χ0) is 16.2. The van der Waals surface area contributed by atoms with Crippen LogP contribution in [0.3, 0.4) is 0 Å². The largest absolute Gasteiger partial charge is 0.362 e. The predicted octanol–water partition coefficient (Wildman–Crippen LogP) is 1.51. The summed E-state index contributed by atoms with van der Waals surface area (Å²) >= 11 is 0. The van der Waals surface area contributed by atoms with E-state index in [2.05, 4.69) is 26.0 Å². The lowest BCUT2D eigenvalue weighted by atomic mass is 10.2. The van der Waals surface area contributed by atoms with Crippen molar-refractivity contribution in [3.63, 3.8) is 0 Å². The van der Waals surface area contributed by atoms with Crippen LogP contribution < -0.4 is 15.5 Å².